The SMILES string of the molecule is CC(C)Nc1cc(Cl)c(-c2cc(N)cc(C(=O)NCc3ccccc3C(F)(F)F)c2)c(CC(=O)NCc2ccc(C(=N)N)cc2)c1O. The minimum absolute atomic E-state index is 0.0360. The molecule has 0 unspecified atom stereocenters. The second kappa shape index (κ2) is 14.5. The molecule has 0 heterocycles. The fourth-order valence-corrected chi connectivity index (χ4v) is 5.31. The van der Waals surface area contributed by atoms with Crippen LogP contribution in [0.25, 0.3) is 11.1 Å². The molecule has 4 aromatic carbocycles. The number of phenolic OH excluding ortho intramolecular Hbond substituents is 1. The molecule has 13 heteroatoms. The summed E-state index contributed by atoms with van der Waals surface area (Å²) in [7, 11) is 0. The molecule has 0 aliphatic carbocycles. The van der Waals surface area contributed by atoms with Gasteiger partial charge in [0.05, 0.1) is 22.7 Å². The highest BCUT2D eigenvalue weighted by Crippen LogP contribution is 2.43. The Labute approximate surface area is 274 Å². The van der Waals surface area contributed by atoms with Crippen LogP contribution in [0.1, 0.15) is 52.0 Å². The molecule has 0 aliphatic heterocycles. The van der Waals surface area contributed by atoms with Crippen molar-refractivity contribution in [3.05, 3.63) is 111 Å². The molecule has 2 amide bonds. The second-order valence-electron chi connectivity index (χ2n) is 11.2. The molecule has 0 aliphatic rings. The predicted octanol–water partition coefficient (Wildman–Crippen LogP) is 6.21. The van der Waals surface area contributed by atoms with E-state index in [0.29, 0.717) is 16.8 Å². The average molecular weight is 667 g/mol. The first-order valence-corrected chi connectivity index (χ1v) is 14.9. The summed E-state index contributed by atoms with van der Waals surface area (Å²) < 4.78 is 40.4. The Morgan fingerprint density at radius 2 is 1.64 bits per heavy atom. The normalized spacial score (nSPS) is 11.3. The number of anilines is 2. The average Bonchev–Trinajstić information content (AvgIpc) is 3.00. The fourth-order valence-electron chi connectivity index (χ4n) is 4.98. The lowest BCUT2D eigenvalue weighted by Gasteiger charge is -2.20. The van der Waals surface area contributed by atoms with E-state index in [9.17, 15) is 27.9 Å². The van der Waals surface area contributed by atoms with Gasteiger partial charge in [0, 0.05) is 47.1 Å². The van der Waals surface area contributed by atoms with Crippen molar-refractivity contribution in [1.29, 1.82) is 5.41 Å². The molecule has 9 N–H and O–H groups in total. The number of rotatable bonds is 11. The maximum absolute atomic E-state index is 13.5. The van der Waals surface area contributed by atoms with Crippen LogP contribution >= 0.6 is 11.6 Å². The Balaban J connectivity index is 1.65. The van der Waals surface area contributed by atoms with Crippen molar-refractivity contribution in [3.8, 4) is 16.9 Å². The molecule has 0 bridgehead atoms. The first-order chi connectivity index (χ1) is 22.1. The monoisotopic (exact) mass is 666 g/mol. The van der Waals surface area contributed by atoms with Gasteiger partial charge in [0.2, 0.25) is 5.91 Å². The maximum Gasteiger partial charge on any atom is 0.416 e. The third-order valence-corrected chi connectivity index (χ3v) is 7.46. The van der Waals surface area contributed by atoms with E-state index in [2.05, 4.69) is 16.0 Å². The highest BCUT2D eigenvalue weighted by molar-refractivity contribution is 6.34. The quantitative estimate of drug-likeness (QED) is 0.0435. The highest BCUT2D eigenvalue weighted by atomic mass is 35.5. The van der Waals surface area contributed by atoms with E-state index in [1.807, 2.05) is 13.8 Å². The number of phenols is 1. The number of nitrogens with two attached hydrogens (primary N) is 2. The minimum Gasteiger partial charge on any atom is -0.505 e. The summed E-state index contributed by atoms with van der Waals surface area (Å²) in [5, 5.41) is 27.4. The Morgan fingerprint density at radius 1 is 0.957 bits per heavy atom. The molecular formula is C34H34ClF3N6O3. The molecule has 0 saturated heterocycles. The molecule has 246 valence electrons. The van der Waals surface area contributed by atoms with Gasteiger partial charge in [-0.1, -0.05) is 54.1 Å². The van der Waals surface area contributed by atoms with Crippen LogP contribution in [-0.4, -0.2) is 28.8 Å². The van der Waals surface area contributed by atoms with Crippen molar-refractivity contribution < 1.29 is 27.9 Å². The zero-order valence-electron chi connectivity index (χ0n) is 25.6. The van der Waals surface area contributed by atoms with E-state index in [4.69, 9.17) is 28.5 Å². The van der Waals surface area contributed by atoms with Crippen molar-refractivity contribution in [3.63, 3.8) is 0 Å². The molecule has 0 radical (unpaired) electrons. The number of alkyl halides is 3. The van der Waals surface area contributed by atoms with Gasteiger partial charge in [-0.15, -0.1) is 0 Å². The molecule has 4 rings (SSSR count). The summed E-state index contributed by atoms with van der Waals surface area (Å²) in [6.07, 6.45) is -4.89. The lowest BCUT2D eigenvalue weighted by atomic mass is 9.93. The van der Waals surface area contributed by atoms with Crippen molar-refractivity contribution in [1.82, 2.24) is 10.6 Å². The largest absolute Gasteiger partial charge is 0.505 e. The summed E-state index contributed by atoms with van der Waals surface area (Å²) in [5.41, 5.74) is 13.2. The highest BCUT2D eigenvalue weighted by Gasteiger charge is 2.33. The molecule has 0 atom stereocenters. The van der Waals surface area contributed by atoms with Crippen LogP contribution in [0.3, 0.4) is 0 Å². The van der Waals surface area contributed by atoms with Gasteiger partial charge in [-0.25, -0.2) is 0 Å². The van der Waals surface area contributed by atoms with Crippen LogP contribution in [0.4, 0.5) is 24.5 Å². The van der Waals surface area contributed by atoms with E-state index in [1.54, 1.807) is 24.3 Å². The van der Waals surface area contributed by atoms with Gasteiger partial charge in [-0.2, -0.15) is 13.2 Å². The van der Waals surface area contributed by atoms with Crippen molar-refractivity contribution in [2.45, 2.75) is 45.6 Å². The number of amides is 2. The van der Waals surface area contributed by atoms with Gasteiger partial charge in [0.1, 0.15) is 11.6 Å². The summed E-state index contributed by atoms with van der Waals surface area (Å²) >= 11 is 6.75. The van der Waals surface area contributed by atoms with Gasteiger partial charge < -0.3 is 32.5 Å². The number of hydrogen-bond acceptors (Lipinski definition) is 6. The minimum atomic E-state index is -4.59. The molecule has 0 spiro atoms. The Hall–Kier alpha value is -5.23. The number of benzene rings is 4. The third kappa shape index (κ3) is 8.73. The van der Waals surface area contributed by atoms with Crippen LogP contribution < -0.4 is 27.4 Å². The number of carbonyl (C=O) groups is 2. The number of nitrogen functional groups attached to an aromatic ring is 2. The predicted molar refractivity (Wildman–Crippen MR) is 177 cm³/mol. The lowest BCUT2D eigenvalue weighted by Crippen LogP contribution is -2.25. The van der Waals surface area contributed by atoms with Crippen LogP contribution in [0.5, 0.6) is 5.75 Å². The van der Waals surface area contributed by atoms with E-state index in [-0.39, 0.29) is 63.6 Å². The van der Waals surface area contributed by atoms with Crippen molar-refractivity contribution in [2.75, 3.05) is 11.1 Å². The third-order valence-electron chi connectivity index (χ3n) is 7.16. The summed E-state index contributed by atoms with van der Waals surface area (Å²) in [6.45, 7) is 3.49. The topological polar surface area (TPSA) is 166 Å². The molecule has 4 aromatic rings. The van der Waals surface area contributed by atoms with E-state index in [1.165, 1.54) is 42.5 Å². The molecule has 0 aromatic heterocycles. The van der Waals surface area contributed by atoms with Gasteiger partial charge in [-0.05, 0) is 60.9 Å². The number of carbonyl (C=O) groups excluding carboxylic acids is 2. The molecule has 47 heavy (non-hydrogen) atoms. The Bertz CT molecular complexity index is 1810. The standard InChI is InChI=1S/C34H34ClF3N6O3/c1-18(2)44-28-15-27(35)30(25(31(28)46)14-29(45)42-16-19-7-9-20(10-8-19)32(40)41)22-11-23(13-24(39)12-22)33(47)43-17-21-5-3-4-6-26(21)34(36,37)38/h3-13,15,18,44,46H,14,16-17,39H2,1-2H3,(H3,40,41)(H,42,45)(H,43,47). The van der Waals surface area contributed by atoms with Gasteiger partial charge in [0.15, 0.2) is 0 Å². The van der Waals surface area contributed by atoms with Crippen LogP contribution in [0.15, 0.2) is 72.8 Å². The number of halogens is 4. The van der Waals surface area contributed by atoms with Gasteiger partial charge in [-0.3, -0.25) is 15.0 Å². The zero-order chi connectivity index (χ0) is 34.5. The van der Waals surface area contributed by atoms with E-state index in [0.717, 1.165) is 11.6 Å². The van der Waals surface area contributed by atoms with E-state index < -0.39 is 30.1 Å². The van der Waals surface area contributed by atoms with Crippen LogP contribution in [0.2, 0.25) is 5.02 Å². The van der Waals surface area contributed by atoms with Crippen molar-refractivity contribution in [2.24, 2.45) is 5.73 Å². The number of hydrogen-bond donors (Lipinski definition) is 7. The number of amidine groups is 1. The first-order valence-electron chi connectivity index (χ1n) is 14.5. The lowest BCUT2D eigenvalue weighted by molar-refractivity contribution is -0.138. The fraction of sp³-hybridized carbons (Fsp3) is 0.206. The maximum atomic E-state index is 13.5. The number of nitrogens with one attached hydrogen (secondary N) is 4. The van der Waals surface area contributed by atoms with Crippen LogP contribution in [-0.2, 0) is 30.5 Å². The summed E-state index contributed by atoms with van der Waals surface area (Å²) in [4.78, 5) is 26.4. The number of aromatic hydroxyl groups is 1. The van der Waals surface area contributed by atoms with Crippen LogP contribution in [0, 0.1) is 5.41 Å². The van der Waals surface area contributed by atoms with E-state index >= 15 is 0 Å². The molecule has 0 saturated carbocycles. The molecule has 0 fully saturated rings. The smallest absolute Gasteiger partial charge is 0.416 e. The summed E-state index contributed by atoms with van der Waals surface area (Å²) in [5.74, 6) is -1.44. The van der Waals surface area contributed by atoms with Crippen molar-refractivity contribution >= 4 is 40.6 Å². The molecule has 9 nitrogen and oxygen atoms in total. The Morgan fingerprint density at radius 3 is 2.28 bits per heavy atom. The van der Waals surface area contributed by atoms with Gasteiger partial charge in [0.25, 0.3) is 5.91 Å². The Kier molecular flexibility index (Phi) is 10.7. The zero-order valence-corrected chi connectivity index (χ0v) is 26.3. The second-order valence-corrected chi connectivity index (χ2v) is 11.6. The van der Waals surface area contributed by atoms with Gasteiger partial charge >= 0.3 is 6.18 Å². The summed E-state index contributed by atoms with van der Waals surface area (Å²) in [6, 6.07) is 17.4. The molecular weight excluding hydrogens is 633 g/mol. The first kappa shape index (κ1) is 34.6.